The molecule has 2 N–H and O–H groups in total. The molecule has 168 valence electrons. The van der Waals surface area contributed by atoms with Gasteiger partial charge < -0.3 is 15.5 Å². The number of hydrogen-bond acceptors (Lipinski definition) is 3. The molecule has 0 unspecified atom stereocenters. The number of para-hydroxylation sites is 1. The van der Waals surface area contributed by atoms with Crippen LogP contribution in [0.15, 0.2) is 66.7 Å². The van der Waals surface area contributed by atoms with Gasteiger partial charge >= 0.3 is 6.03 Å². The van der Waals surface area contributed by atoms with Crippen molar-refractivity contribution in [2.24, 2.45) is 0 Å². The molecule has 0 fully saturated rings. The number of hydrogen-bond donors (Lipinski definition) is 2. The predicted molar refractivity (Wildman–Crippen MR) is 127 cm³/mol. The number of benzene rings is 2. The molecule has 1 aromatic heterocycles. The summed E-state index contributed by atoms with van der Waals surface area (Å²) in [5.41, 5.74) is 2.55. The van der Waals surface area contributed by atoms with Crippen LogP contribution in [-0.2, 0) is 16.8 Å². The number of rotatable bonds is 7. The van der Waals surface area contributed by atoms with Crippen LogP contribution in [-0.4, -0.2) is 39.7 Å². The van der Waals surface area contributed by atoms with Crippen LogP contribution in [0.4, 0.5) is 10.6 Å². The highest BCUT2D eigenvalue weighted by molar-refractivity contribution is 5.94. The van der Waals surface area contributed by atoms with E-state index in [9.17, 15) is 9.59 Å². The molecule has 7 heteroatoms. The molecule has 0 radical (unpaired) electrons. The average molecular weight is 434 g/mol. The molecule has 0 aliphatic heterocycles. The number of nitrogens with one attached hydrogen (secondary N) is 2. The largest absolute Gasteiger partial charge is 0.334 e. The average Bonchev–Trinajstić information content (AvgIpc) is 3.21. The lowest BCUT2D eigenvalue weighted by molar-refractivity contribution is -0.116. The van der Waals surface area contributed by atoms with Gasteiger partial charge in [-0.1, -0.05) is 69.3 Å². The SMILES string of the molecule is CCN(CC(=O)Nc1cc(C(C)(C)C)nn1-c1ccccc1)C(=O)NCc1ccccc1. The van der Waals surface area contributed by atoms with E-state index in [4.69, 9.17) is 5.10 Å². The third kappa shape index (κ3) is 5.97. The smallest absolute Gasteiger partial charge is 0.318 e. The van der Waals surface area contributed by atoms with Crippen molar-refractivity contribution in [3.63, 3.8) is 0 Å². The maximum Gasteiger partial charge on any atom is 0.318 e. The summed E-state index contributed by atoms with van der Waals surface area (Å²) in [6, 6.07) is 20.9. The molecule has 3 rings (SSSR count). The van der Waals surface area contributed by atoms with Crippen molar-refractivity contribution >= 4 is 17.8 Å². The third-order valence-electron chi connectivity index (χ3n) is 5.04. The Balaban J connectivity index is 1.70. The summed E-state index contributed by atoms with van der Waals surface area (Å²) >= 11 is 0. The van der Waals surface area contributed by atoms with E-state index in [1.54, 1.807) is 4.68 Å². The van der Waals surface area contributed by atoms with Gasteiger partial charge in [-0.25, -0.2) is 9.48 Å². The summed E-state index contributed by atoms with van der Waals surface area (Å²) in [6.07, 6.45) is 0. The molecule has 3 amide bonds. The molecule has 2 aromatic carbocycles. The molecule has 0 aliphatic carbocycles. The van der Waals surface area contributed by atoms with E-state index in [1.165, 1.54) is 4.90 Å². The monoisotopic (exact) mass is 433 g/mol. The van der Waals surface area contributed by atoms with Crippen LogP contribution in [0.2, 0.25) is 0 Å². The van der Waals surface area contributed by atoms with Crippen LogP contribution >= 0.6 is 0 Å². The van der Waals surface area contributed by atoms with E-state index in [-0.39, 0.29) is 23.9 Å². The van der Waals surface area contributed by atoms with Crippen LogP contribution in [0.3, 0.4) is 0 Å². The highest BCUT2D eigenvalue weighted by Gasteiger charge is 2.22. The number of carbonyl (C=O) groups excluding carboxylic acids is 2. The normalized spacial score (nSPS) is 11.1. The summed E-state index contributed by atoms with van der Waals surface area (Å²) in [7, 11) is 0. The Morgan fingerprint density at radius 3 is 2.22 bits per heavy atom. The number of urea groups is 1. The van der Waals surface area contributed by atoms with E-state index < -0.39 is 0 Å². The molecular formula is C25H31N5O2. The fourth-order valence-corrected chi connectivity index (χ4v) is 3.17. The Morgan fingerprint density at radius 1 is 1.00 bits per heavy atom. The Bertz CT molecular complexity index is 1040. The van der Waals surface area contributed by atoms with Crippen molar-refractivity contribution in [3.05, 3.63) is 78.0 Å². The number of likely N-dealkylation sites (N-methyl/N-ethyl adjacent to an activating group) is 1. The van der Waals surface area contributed by atoms with Gasteiger partial charge in [-0.3, -0.25) is 4.79 Å². The number of aromatic nitrogens is 2. The topological polar surface area (TPSA) is 79.3 Å². The summed E-state index contributed by atoms with van der Waals surface area (Å²) in [4.78, 5) is 26.9. The van der Waals surface area contributed by atoms with Crippen molar-refractivity contribution in [1.29, 1.82) is 0 Å². The van der Waals surface area contributed by atoms with Crippen molar-refractivity contribution in [1.82, 2.24) is 20.0 Å². The minimum absolute atomic E-state index is 0.0536. The fraction of sp³-hybridized carbons (Fsp3) is 0.320. The zero-order chi connectivity index (χ0) is 23.1. The first-order valence-corrected chi connectivity index (χ1v) is 10.8. The third-order valence-corrected chi connectivity index (χ3v) is 5.04. The second-order valence-corrected chi connectivity index (χ2v) is 8.62. The Hall–Kier alpha value is -3.61. The molecule has 0 saturated carbocycles. The molecule has 7 nitrogen and oxygen atoms in total. The zero-order valence-electron chi connectivity index (χ0n) is 19.1. The van der Waals surface area contributed by atoms with Gasteiger partial charge in [0.05, 0.1) is 11.4 Å². The van der Waals surface area contributed by atoms with Gasteiger partial charge in [0.2, 0.25) is 5.91 Å². The summed E-state index contributed by atoms with van der Waals surface area (Å²) < 4.78 is 1.73. The zero-order valence-corrected chi connectivity index (χ0v) is 19.1. The van der Waals surface area contributed by atoms with Crippen LogP contribution in [0.25, 0.3) is 5.69 Å². The van der Waals surface area contributed by atoms with E-state index >= 15 is 0 Å². The van der Waals surface area contributed by atoms with E-state index in [0.29, 0.717) is 18.9 Å². The van der Waals surface area contributed by atoms with Crippen molar-refractivity contribution < 1.29 is 9.59 Å². The highest BCUT2D eigenvalue weighted by Crippen LogP contribution is 2.26. The highest BCUT2D eigenvalue weighted by atomic mass is 16.2. The second kappa shape index (κ2) is 10.1. The van der Waals surface area contributed by atoms with Crippen LogP contribution in [0.5, 0.6) is 0 Å². The van der Waals surface area contributed by atoms with Crippen molar-refractivity contribution in [2.75, 3.05) is 18.4 Å². The Morgan fingerprint density at radius 2 is 1.62 bits per heavy atom. The van der Waals surface area contributed by atoms with E-state index in [1.807, 2.05) is 73.7 Å². The standard InChI is InChI=1S/C25H31N5O2/c1-5-29(24(32)26-17-19-12-8-6-9-13-19)18-23(31)27-22-16-21(25(2,3)4)28-30(22)20-14-10-7-11-15-20/h6-16H,5,17-18H2,1-4H3,(H,26,32)(H,27,31). The molecule has 1 heterocycles. The molecule has 0 atom stereocenters. The second-order valence-electron chi connectivity index (χ2n) is 8.62. The molecule has 0 bridgehead atoms. The van der Waals surface area contributed by atoms with Gasteiger partial charge in [-0.15, -0.1) is 0 Å². The maximum absolute atomic E-state index is 12.8. The van der Waals surface area contributed by atoms with Crippen LogP contribution < -0.4 is 10.6 Å². The van der Waals surface area contributed by atoms with Crippen molar-refractivity contribution in [2.45, 2.75) is 39.7 Å². The first-order valence-electron chi connectivity index (χ1n) is 10.8. The van der Waals surface area contributed by atoms with Gasteiger partial charge in [-0.05, 0) is 24.6 Å². The number of carbonyl (C=O) groups is 2. The van der Waals surface area contributed by atoms with Gasteiger partial charge in [0.15, 0.2) is 0 Å². The lowest BCUT2D eigenvalue weighted by atomic mass is 9.92. The van der Waals surface area contributed by atoms with Crippen molar-refractivity contribution in [3.8, 4) is 5.69 Å². The van der Waals surface area contributed by atoms with Gasteiger partial charge in [-0.2, -0.15) is 5.10 Å². The number of anilines is 1. The molecular weight excluding hydrogens is 402 g/mol. The lowest BCUT2D eigenvalue weighted by Gasteiger charge is -2.21. The molecule has 0 aliphatic rings. The van der Waals surface area contributed by atoms with E-state index in [2.05, 4.69) is 31.4 Å². The maximum atomic E-state index is 12.8. The van der Waals surface area contributed by atoms with Crippen LogP contribution in [0, 0.1) is 0 Å². The molecule has 0 saturated heterocycles. The summed E-state index contributed by atoms with van der Waals surface area (Å²) in [5, 5.41) is 10.5. The first-order chi connectivity index (χ1) is 15.3. The molecule has 3 aromatic rings. The summed E-state index contributed by atoms with van der Waals surface area (Å²) in [6.45, 7) is 8.85. The molecule has 0 spiro atoms. The minimum Gasteiger partial charge on any atom is -0.334 e. The number of nitrogens with zero attached hydrogens (tertiary/aromatic N) is 3. The Kier molecular flexibility index (Phi) is 7.30. The quantitative estimate of drug-likeness (QED) is 0.582. The van der Waals surface area contributed by atoms with Gasteiger partial charge in [0.1, 0.15) is 12.4 Å². The fourth-order valence-electron chi connectivity index (χ4n) is 3.17. The Labute approximate surface area is 189 Å². The van der Waals surface area contributed by atoms with Gasteiger partial charge in [0, 0.05) is 24.6 Å². The number of amides is 3. The predicted octanol–water partition coefficient (Wildman–Crippen LogP) is 4.34. The minimum atomic E-state index is -0.279. The first kappa shape index (κ1) is 23.1. The molecule has 32 heavy (non-hydrogen) atoms. The van der Waals surface area contributed by atoms with E-state index in [0.717, 1.165) is 16.9 Å². The van der Waals surface area contributed by atoms with Crippen LogP contribution in [0.1, 0.15) is 39.0 Å². The van der Waals surface area contributed by atoms with Gasteiger partial charge in [0.25, 0.3) is 0 Å². The summed E-state index contributed by atoms with van der Waals surface area (Å²) in [5.74, 6) is 0.297. The lowest BCUT2D eigenvalue weighted by Crippen LogP contribution is -2.43.